The van der Waals surface area contributed by atoms with Gasteiger partial charge < -0.3 is 9.73 Å². The summed E-state index contributed by atoms with van der Waals surface area (Å²) in [5.41, 5.74) is 0. The van der Waals surface area contributed by atoms with Crippen molar-refractivity contribution in [2.75, 3.05) is 13.2 Å². The first-order valence-corrected chi connectivity index (χ1v) is 4.15. The summed E-state index contributed by atoms with van der Waals surface area (Å²) in [4.78, 5) is 0. The average Bonchev–Trinajstić information content (AvgIpc) is 2.45. The van der Waals surface area contributed by atoms with Crippen LogP contribution in [0.1, 0.15) is 17.9 Å². The molecule has 1 rings (SSSR count). The minimum absolute atomic E-state index is 0.260. The van der Waals surface area contributed by atoms with Gasteiger partial charge in [0.15, 0.2) is 0 Å². The van der Waals surface area contributed by atoms with E-state index in [9.17, 15) is 4.39 Å². The normalized spacial score (nSPS) is 10.5. The summed E-state index contributed by atoms with van der Waals surface area (Å²) in [6.07, 6.45) is 0.569. The average molecular weight is 171 g/mol. The third-order valence-corrected chi connectivity index (χ3v) is 1.58. The smallest absolute Gasteiger partial charge is 0.117 e. The van der Waals surface area contributed by atoms with Gasteiger partial charge in [-0.25, -0.2) is 0 Å². The Labute approximate surface area is 71.8 Å². The Balaban J connectivity index is 2.15. The molecule has 0 saturated carbocycles. The molecule has 0 aliphatic rings. The molecule has 1 heterocycles. The number of halogens is 1. The van der Waals surface area contributed by atoms with E-state index in [4.69, 9.17) is 4.42 Å². The third kappa shape index (κ3) is 3.05. The van der Waals surface area contributed by atoms with E-state index in [2.05, 4.69) is 5.32 Å². The van der Waals surface area contributed by atoms with Crippen LogP contribution in [0.15, 0.2) is 16.5 Å². The van der Waals surface area contributed by atoms with Crippen LogP contribution in [-0.4, -0.2) is 13.2 Å². The number of hydrogen-bond acceptors (Lipinski definition) is 2. The van der Waals surface area contributed by atoms with Crippen LogP contribution in [0.4, 0.5) is 4.39 Å². The first kappa shape index (κ1) is 9.26. The molecule has 0 unspecified atom stereocenters. The van der Waals surface area contributed by atoms with Gasteiger partial charge >= 0.3 is 0 Å². The van der Waals surface area contributed by atoms with Crippen molar-refractivity contribution in [3.63, 3.8) is 0 Å². The molecule has 1 aromatic heterocycles. The summed E-state index contributed by atoms with van der Waals surface area (Å²) in [6, 6.07) is 3.85. The maximum absolute atomic E-state index is 11.7. The molecule has 0 radical (unpaired) electrons. The number of aryl methyl sites for hydroxylation is 1. The standard InChI is InChI=1S/C9H14FNO/c1-8-3-4-9(12-8)7-11-6-2-5-10/h3-4,11H,2,5-7H2,1H3. The third-order valence-electron chi connectivity index (χ3n) is 1.58. The fraction of sp³-hybridized carbons (Fsp3) is 0.556. The molecule has 0 aliphatic carbocycles. The van der Waals surface area contributed by atoms with Crippen molar-refractivity contribution in [1.29, 1.82) is 0 Å². The molecule has 0 atom stereocenters. The molecule has 0 amide bonds. The Morgan fingerprint density at radius 1 is 1.50 bits per heavy atom. The molecular weight excluding hydrogens is 157 g/mol. The zero-order valence-electron chi connectivity index (χ0n) is 7.27. The molecule has 0 spiro atoms. The lowest BCUT2D eigenvalue weighted by Crippen LogP contribution is -2.14. The first-order chi connectivity index (χ1) is 5.83. The zero-order chi connectivity index (χ0) is 8.81. The van der Waals surface area contributed by atoms with E-state index in [-0.39, 0.29) is 6.67 Å². The van der Waals surface area contributed by atoms with Gasteiger partial charge in [-0.15, -0.1) is 0 Å². The Morgan fingerprint density at radius 2 is 2.33 bits per heavy atom. The SMILES string of the molecule is Cc1ccc(CNCCCF)o1. The van der Waals surface area contributed by atoms with Crippen molar-refractivity contribution in [2.24, 2.45) is 0 Å². The van der Waals surface area contributed by atoms with Gasteiger partial charge in [0.25, 0.3) is 0 Å². The maximum Gasteiger partial charge on any atom is 0.117 e. The second-order valence-electron chi connectivity index (χ2n) is 2.73. The Kier molecular flexibility index (Phi) is 3.80. The van der Waals surface area contributed by atoms with E-state index in [1.54, 1.807) is 0 Å². The molecule has 1 aromatic rings. The lowest BCUT2D eigenvalue weighted by atomic mass is 10.4. The molecule has 1 N–H and O–H groups in total. The Hall–Kier alpha value is -0.830. The molecule has 2 nitrogen and oxygen atoms in total. The van der Waals surface area contributed by atoms with E-state index in [1.165, 1.54) is 0 Å². The second kappa shape index (κ2) is 4.93. The quantitative estimate of drug-likeness (QED) is 0.686. The van der Waals surface area contributed by atoms with Crippen LogP contribution < -0.4 is 5.32 Å². The minimum atomic E-state index is -0.260. The highest BCUT2D eigenvalue weighted by Gasteiger charge is 1.96. The van der Waals surface area contributed by atoms with Crippen LogP contribution in [0.2, 0.25) is 0 Å². The van der Waals surface area contributed by atoms with Crippen LogP contribution in [0, 0.1) is 6.92 Å². The molecule has 0 fully saturated rings. The Bertz CT molecular complexity index is 222. The largest absolute Gasteiger partial charge is 0.465 e. The van der Waals surface area contributed by atoms with E-state index >= 15 is 0 Å². The van der Waals surface area contributed by atoms with Gasteiger partial charge in [0.1, 0.15) is 11.5 Å². The molecule has 3 heteroatoms. The fourth-order valence-corrected chi connectivity index (χ4v) is 0.984. The van der Waals surface area contributed by atoms with Crippen molar-refractivity contribution in [3.8, 4) is 0 Å². The summed E-state index contributed by atoms with van der Waals surface area (Å²) < 4.78 is 17.0. The van der Waals surface area contributed by atoms with Gasteiger partial charge in [-0.3, -0.25) is 4.39 Å². The molecule has 0 aliphatic heterocycles. The van der Waals surface area contributed by atoms with Gasteiger partial charge in [0, 0.05) is 0 Å². The summed E-state index contributed by atoms with van der Waals surface area (Å²) in [5.74, 6) is 1.82. The summed E-state index contributed by atoms with van der Waals surface area (Å²) in [6.45, 7) is 3.04. The van der Waals surface area contributed by atoms with Crippen LogP contribution in [0.5, 0.6) is 0 Å². The predicted octanol–water partition coefficient (Wildman–Crippen LogP) is 2.04. The van der Waals surface area contributed by atoms with Crippen LogP contribution in [0.3, 0.4) is 0 Å². The highest BCUT2D eigenvalue weighted by Crippen LogP contribution is 2.04. The highest BCUT2D eigenvalue weighted by molar-refractivity contribution is 5.04. The second-order valence-corrected chi connectivity index (χ2v) is 2.73. The van der Waals surface area contributed by atoms with Crippen molar-refractivity contribution in [3.05, 3.63) is 23.7 Å². The monoisotopic (exact) mass is 171 g/mol. The summed E-state index contributed by atoms with van der Waals surface area (Å²) in [7, 11) is 0. The lowest BCUT2D eigenvalue weighted by molar-refractivity contribution is 0.435. The Morgan fingerprint density at radius 3 is 2.92 bits per heavy atom. The molecular formula is C9H14FNO. The van der Waals surface area contributed by atoms with Gasteiger partial charge in [-0.1, -0.05) is 0 Å². The van der Waals surface area contributed by atoms with Crippen molar-refractivity contribution >= 4 is 0 Å². The lowest BCUT2D eigenvalue weighted by Gasteiger charge is -1.98. The highest BCUT2D eigenvalue weighted by atomic mass is 19.1. The van der Waals surface area contributed by atoms with Gasteiger partial charge in [0.05, 0.1) is 13.2 Å². The minimum Gasteiger partial charge on any atom is -0.465 e. The number of hydrogen-bond donors (Lipinski definition) is 1. The maximum atomic E-state index is 11.7. The molecule has 0 aromatic carbocycles. The zero-order valence-corrected chi connectivity index (χ0v) is 7.27. The summed E-state index contributed by atoms with van der Waals surface area (Å²) in [5, 5.41) is 3.08. The molecule has 12 heavy (non-hydrogen) atoms. The number of furan rings is 1. The van der Waals surface area contributed by atoms with Crippen LogP contribution in [-0.2, 0) is 6.54 Å². The van der Waals surface area contributed by atoms with E-state index < -0.39 is 0 Å². The van der Waals surface area contributed by atoms with Crippen LogP contribution in [0.25, 0.3) is 0 Å². The molecule has 68 valence electrons. The van der Waals surface area contributed by atoms with E-state index in [0.717, 1.165) is 11.5 Å². The van der Waals surface area contributed by atoms with Crippen LogP contribution >= 0.6 is 0 Å². The number of alkyl halides is 1. The van der Waals surface area contributed by atoms with Gasteiger partial charge in [-0.2, -0.15) is 0 Å². The first-order valence-electron chi connectivity index (χ1n) is 4.15. The van der Waals surface area contributed by atoms with Crippen molar-refractivity contribution in [2.45, 2.75) is 19.9 Å². The number of nitrogens with one attached hydrogen (secondary N) is 1. The molecule has 0 saturated heterocycles. The van der Waals surface area contributed by atoms with Gasteiger partial charge in [0.2, 0.25) is 0 Å². The fourth-order valence-electron chi connectivity index (χ4n) is 0.984. The van der Waals surface area contributed by atoms with Crippen molar-refractivity contribution in [1.82, 2.24) is 5.32 Å². The van der Waals surface area contributed by atoms with Gasteiger partial charge in [-0.05, 0) is 32.0 Å². The predicted molar refractivity (Wildman–Crippen MR) is 45.7 cm³/mol. The number of rotatable bonds is 5. The topological polar surface area (TPSA) is 25.2 Å². The summed E-state index contributed by atoms with van der Waals surface area (Å²) >= 11 is 0. The van der Waals surface area contributed by atoms with E-state index in [0.29, 0.717) is 19.5 Å². The van der Waals surface area contributed by atoms with E-state index in [1.807, 2.05) is 19.1 Å². The molecule has 0 bridgehead atoms. The van der Waals surface area contributed by atoms with Crippen molar-refractivity contribution < 1.29 is 8.81 Å².